The van der Waals surface area contributed by atoms with Gasteiger partial charge in [-0.2, -0.15) is 0 Å². The fraction of sp³-hybridized carbons (Fsp3) is 0.422. The molecule has 0 saturated carbocycles. The molecule has 0 radical (unpaired) electrons. The highest BCUT2D eigenvalue weighted by Gasteiger charge is 2.30. The number of nitrogens with one attached hydrogen (secondary N) is 6. The maximum absolute atomic E-state index is 13.5. The Balaban J connectivity index is 1.23. The van der Waals surface area contributed by atoms with Crippen molar-refractivity contribution in [2.45, 2.75) is 91.8 Å². The van der Waals surface area contributed by atoms with E-state index in [1.165, 1.54) is 0 Å². The van der Waals surface area contributed by atoms with Crippen LogP contribution in [0.1, 0.15) is 94.4 Å². The number of halogens is 1. The molecule has 1 heterocycles. The third kappa shape index (κ3) is 14.3. The van der Waals surface area contributed by atoms with Crippen molar-refractivity contribution in [3.05, 3.63) is 95.1 Å². The van der Waals surface area contributed by atoms with E-state index in [1.807, 2.05) is 58.9 Å². The van der Waals surface area contributed by atoms with Crippen LogP contribution < -0.4 is 36.6 Å². The number of carbonyl (C=O) groups excluding carboxylic acids is 5. The van der Waals surface area contributed by atoms with Crippen LogP contribution in [0.25, 0.3) is 10.9 Å². The van der Waals surface area contributed by atoms with Gasteiger partial charge in [-0.1, -0.05) is 59.1 Å². The first-order valence-corrected chi connectivity index (χ1v) is 20.8. The zero-order chi connectivity index (χ0) is 42.9. The lowest BCUT2D eigenvalue weighted by Crippen LogP contribution is -2.56. The van der Waals surface area contributed by atoms with Gasteiger partial charge in [0.25, 0.3) is 11.8 Å². The Kier molecular flexibility index (Phi) is 18.0. The molecule has 0 bridgehead atoms. The minimum absolute atomic E-state index is 0.175. The Labute approximate surface area is 352 Å². The first kappa shape index (κ1) is 46.0. The van der Waals surface area contributed by atoms with E-state index >= 15 is 0 Å². The lowest BCUT2D eigenvalue weighted by molar-refractivity contribution is -0.131. The molecule has 59 heavy (non-hydrogen) atoms. The van der Waals surface area contributed by atoms with Gasteiger partial charge in [0, 0.05) is 53.1 Å². The number of fused-ring (bicyclic) bond motifs is 1. The third-order valence-corrected chi connectivity index (χ3v) is 10.1. The minimum Gasteiger partial charge on any atom is -0.457 e. The molecule has 0 aliphatic rings. The van der Waals surface area contributed by atoms with Gasteiger partial charge in [-0.3, -0.25) is 29.0 Å². The summed E-state index contributed by atoms with van der Waals surface area (Å²) in [5.74, 6) is -0.847. The van der Waals surface area contributed by atoms with E-state index in [0.717, 1.165) is 29.4 Å². The van der Waals surface area contributed by atoms with Crippen LogP contribution >= 0.6 is 11.6 Å². The molecule has 1 unspecified atom stereocenters. The fourth-order valence-corrected chi connectivity index (χ4v) is 6.35. The van der Waals surface area contributed by atoms with Crippen molar-refractivity contribution in [3.8, 4) is 11.5 Å². The van der Waals surface area contributed by atoms with Gasteiger partial charge in [-0.25, -0.2) is 0 Å². The molecule has 0 aliphatic heterocycles. The van der Waals surface area contributed by atoms with Crippen LogP contribution in [0.2, 0.25) is 5.02 Å². The maximum atomic E-state index is 13.5. The number of ether oxygens (including phenoxy) is 1. The largest absolute Gasteiger partial charge is 0.457 e. The molecule has 0 saturated heterocycles. The highest BCUT2D eigenvalue weighted by Crippen LogP contribution is 2.25. The quantitative estimate of drug-likeness (QED) is 0.0458. The molecule has 14 heteroatoms. The van der Waals surface area contributed by atoms with Crippen LogP contribution in [0.5, 0.6) is 11.5 Å². The SMILES string of the molecule is CCCCNC(=O)[C@H](CC(C)C)NC(=O)[C@@H](NC(=O)c1ccc(Oc2ccc(C(=O)N[C@@H](C)C(=O)NCCCNc3ccnc4cc(Cl)ccc34)cc2)cc1)C(C)CC. The molecule has 3 aromatic carbocycles. The van der Waals surface area contributed by atoms with Crippen molar-refractivity contribution in [2.24, 2.45) is 11.8 Å². The number of anilines is 1. The highest BCUT2D eigenvalue weighted by molar-refractivity contribution is 6.31. The normalized spacial score (nSPS) is 13.1. The smallest absolute Gasteiger partial charge is 0.251 e. The number of hydrogen-bond donors (Lipinski definition) is 6. The van der Waals surface area contributed by atoms with E-state index in [1.54, 1.807) is 61.7 Å². The highest BCUT2D eigenvalue weighted by atomic mass is 35.5. The van der Waals surface area contributed by atoms with Crippen LogP contribution in [-0.2, 0) is 14.4 Å². The van der Waals surface area contributed by atoms with Gasteiger partial charge < -0.3 is 36.6 Å². The van der Waals surface area contributed by atoms with Crippen molar-refractivity contribution in [2.75, 3.05) is 25.0 Å². The molecule has 0 aliphatic carbocycles. The maximum Gasteiger partial charge on any atom is 0.251 e. The average Bonchev–Trinajstić information content (AvgIpc) is 3.22. The summed E-state index contributed by atoms with van der Waals surface area (Å²) in [4.78, 5) is 69.7. The van der Waals surface area contributed by atoms with E-state index in [-0.39, 0.29) is 23.7 Å². The number of hydrogen-bond acceptors (Lipinski definition) is 8. The number of nitrogens with zero attached hydrogens (tertiary/aromatic N) is 1. The van der Waals surface area contributed by atoms with Crippen molar-refractivity contribution in [3.63, 3.8) is 0 Å². The number of pyridine rings is 1. The summed E-state index contributed by atoms with van der Waals surface area (Å²) in [6, 6.07) is 18.1. The molecule has 0 fully saturated rings. The second kappa shape index (κ2) is 23.0. The summed E-state index contributed by atoms with van der Waals surface area (Å²) in [6.07, 6.45) is 5.29. The molecule has 1 aromatic heterocycles. The number of rotatable bonds is 22. The molecular weight excluding hydrogens is 770 g/mol. The summed E-state index contributed by atoms with van der Waals surface area (Å²) >= 11 is 6.08. The van der Waals surface area contributed by atoms with E-state index in [2.05, 4.69) is 36.9 Å². The molecule has 0 spiro atoms. The summed E-state index contributed by atoms with van der Waals surface area (Å²) in [6.45, 7) is 13.1. The van der Waals surface area contributed by atoms with E-state index in [0.29, 0.717) is 66.5 Å². The van der Waals surface area contributed by atoms with Gasteiger partial charge in [-0.15, -0.1) is 0 Å². The molecule has 13 nitrogen and oxygen atoms in total. The molecule has 316 valence electrons. The third-order valence-electron chi connectivity index (χ3n) is 9.83. The van der Waals surface area contributed by atoms with Crippen LogP contribution in [0.4, 0.5) is 5.69 Å². The van der Waals surface area contributed by atoms with Crippen molar-refractivity contribution >= 4 is 57.7 Å². The Morgan fingerprint density at radius 2 is 1.31 bits per heavy atom. The van der Waals surface area contributed by atoms with Gasteiger partial charge in [-0.05, 0) is 111 Å². The lowest BCUT2D eigenvalue weighted by atomic mass is 9.96. The molecule has 6 N–H and O–H groups in total. The second-order valence-corrected chi connectivity index (χ2v) is 15.5. The van der Waals surface area contributed by atoms with Crippen molar-refractivity contribution < 1.29 is 28.7 Å². The van der Waals surface area contributed by atoms with Gasteiger partial charge in [0.2, 0.25) is 17.7 Å². The molecule has 4 atom stereocenters. The van der Waals surface area contributed by atoms with Crippen LogP contribution in [0.3, 0.4) is 0 Å². The summed E-state index contributed by atoms with van der Waals surface area (Å²) in [5.41, 5.74) is 2.41. The monoisotopic (exact) mass is 827 g/mol. The standard InChI is InChI=1S/C45H58ClN7O6/c1-7-9-22-50-44(57)39(26-28(3)4)52-45(58)40(29(5)8-2)53-43(56)32-13-18-35(19-14-32)59-34-16-11-31(12-17-34)42(55)51-30(6)41(54)49-24-10-23-47-37-21-25-48-38-27-33(46)15-20-36(37)38/h11-21,25,27-30,39-40H,7-10,22-24,26H2,1-6H3,(H,47,48)(H,49,54)(H,50,57)(H,51,55)(H,52,58)(H,53,56)/t29?,30-,39-,40-/m0/s1. The first-order valence-electron chi connectivity index (χ1n) is 20.4. The topological polar surface area (TPSA) is 180 Å². The van der Waals surface area contributed by atoms with Crippen LogP contribution in [0, 0.1) is 11.8 Å². The zero-order valence-corrected chi connectivity index (χ0v) is 35.6. The number of unbranched alkanes of at least 4 members (excludes halogenated alkanes) is 1. The zero-order valence-electron chi connectivity index (χ0n) is 34.8. The van der Waals surface area contributed by atoms with Crippen LogP contribution in [-0.4, -0.2) is 72.3 Å². The summed E-state index contributed by atoms with van der Waals surface area (Å²) in [7, 11) is 0. The predicted molar refractivity (Wildman–Crippen MR) is 233 cm³/mol. The van der Waals surface area contributed by atoms with E-state index in [9.17, 15) is 24.0 Å². The first-order chi connectivity index (χ1) is 28.3. The second-order valence-electron chi connectivity index (χ2n) is 15.1. The number of aromatic nitrogens is 1. The summed E-state index contributed by atoms with van der Waals surface area (Å²) < 4.78 is 5.95. The number of amides is 5. The Bertz CT molecular complexity index is 2030. The molecule has 4 rings (SSSR count). The molecular formula is C45H58ClN7O6. The van der Waals surface area contributed by atoms with Gasteiger partial charge in [0.1, 0.15) is 29.6 Å². The van der Waals surface area contributed by atoms with E-state index in [4.69, 9.17) is 16.3 Å². The number of benzene rings is 3. The van der Waals surface area contributed by atoms with Crippen LogP contribution in [0.15, 0.2) is 79.0 Å². The van der Waals surface area contributed by atoms with Gasteiger partial charge in [0.05, 0.1) is 5.52 Å². The Morgan fingerprint density at radius 1 is 0.695 bits per heavy atom. The Morgan fingerprint density at radius 3 is 1.92 bits per heavy atom. The molecule has 4 aromatic rings. The average molecular weight is 828 g/mol. The summed E-state index contributed by atoms with van der Waals surface area (Å²) in [5, 5.41) is 19.2. The minimum atomic E-state index is -0.844. The van der Waals surface area contributed by atoms with E-state index < -0.39 is 35.8 Å². The lowest BCUT2D eigenvalue weighted by Gasteiger charge is -2.27. The fourth-order valence-electron chi connectivity index (χ4n) is 6.18. The van der Waals surface area contributed by atoms with Gasteiger partial charge >= 0.3 is 0 Å². The Hall–Kier alpha value is -5.69. The predicted octanol–water partition coefficient (Wildman–Crippen LogP) is 7.01. The van der Waals surface area contributed by atoms with Crippen molar-refractivity contribution in [1.29, 1.82) is 0 Å². The molecule has 5 amide bonds. The van der Waals surface area contributed by atoms with Gasteiger partial charge in [0.15, 0.2) is 0 Å². The van der Waals surface area contributed by atoms with Crippen molar-refractivity contribution in [1.82, 2.24) is 31.6 Å². The number of carbonyl (C=O) groups is 5.